The van der Waals surface area contributed by atoms with Crippen molar-refractivity contribution in [2.24, 2.45) is 0 Å². The van der Waals surface area contributed by atoms with Crippen LogP contribution in [0.25, 0.3) is 11.0 Å². The lowest BCUT2D eigenvalue weighted by atomic mass is 10.2. The number of benzene rings is 1. The van der Waals surface area contributed by atoms with Crippen LogP contribution in [-0.2, 0) is 17.8 Å². The van der Waals surface area contributed by atoms with Crippen LogP contribution >= 0.6 is 0 Å². The first-order valence-corrected chi connectivity index (χ1v) is 6.88. The van der Waals surface area contributed by atoms with Crippen LogP contribution in [0.1, 0.15) is 38.4 Å². The van der Waals surface area contributed by atoms with Gasteiger partial charge in [-0.2, -0.15) is 0 Å². The van der Waals surface area contributed by atoms with Gasteiger partial charge in [0.25, 0.3) is 0 Å². The monoisotopic (exact) mass is 260 g/mol. The maximum Gasteiger partial charge on any atom is 0.303 e. The maximum absolute atomic E-state index is 10.5. The molecule has 0 bridgehead atoms. The molecule has 19 heavy (non-hydrogen) atoms. The van der Waals surface area contributed by atoms with Gasteiger partial charge >= 0.3 is 5.97 Å². The SMILES string of the molecule is CCCn1c(CCCCC(=O)O)nc2ccccc21. The van der Waals surface area contributed by atoms with E-state index in [1.54, 1.807) is 0 Å². The van der Waals surface area contributed by atoms with Crippen molar-refractivity contribution in [1.29, 1.82) is 0 Å². The van der Waals surface area contributed by atoms with Crippen LogP contribution in [0.3, 0.4) is 0 Å². The molecule has 4 heteroatoms. The summed E-state index contributed by atoms with van der Waals surface area (Å²) in [5.74, 6) is 0.357. The second kappa shape index (κ2) is 6.36. The molecule has 0 atom stereocenters. The van der Waals surface area contributed by atoms with Crippen molar-refractivity contribution in [2.75, 3.05) is 0 Å². The van der Waals surface area contributed by atoms with E-state index in [1.165, 1.54) is 5.52 Å². The molecular weight excluding hydrogens is 240 g/mol. The van der Waals surface area contributed by atoms with E-state index in [0.717, 1.165) is 37.1 Å². The summed E-state index contributed by atoms with van der Waals surface area (Å²) in [6, 6.07) is 8.16. The molecule has 0 saturated carbocycles. The van der Waals surface area contributed by atoms with Gasteiger partial charge in [0.2, 0.25) is 0 Å². The van der Waals surface area contributed by atoms with Crippen molar-refractivity contribution >= 4 is 17.0 Å². The average molecular weight is 260 g/mol. The summed E-state index contributed by atoms with van der Waals surface area (Å²) in [6.45, 7) is 3.12. The van der Waals surface area contributed by atoms with Crippen LogP contribution in [0.4, 0.5) is 0 Å². The fourth-order valence-corrected chi connectivity index (χ4v) is 2.35. The number of aryl methyl sites for hydroxylation is 2. The number of carboxylic acids is 1. The Morgan fingerprint density at radius 1 is 1.32 bits per heavy atom. The number of unbranched alkanes of at least 4 members (excludes halogenated alkanes) is 1. The third-order valence-electron chi connectivity index (χ3n) is 3.22. The van der Waals surface area contributed by atoms with Gasteiger partial charge in [-0.25, -0.2) is 4.98 Å². The van der Waals surface area contributed by atoms with Crippen molar-refractivity contribution in [3.8, 4) is 0 Å². The van der Waals surface area contributed by atoms with E-state index in [0.29, 0.717) is 6.42 Å². The number of hydrogen-bond acceptors (Lipinski definition) is 2. The molecule has 0 aliphatic rings. The lowest BCUT2D eigenvalue weighted by Crippen LogP contribution is -2.04. The Morgan fingerprint density at radius 2 is 2.11 bits per heavy atom. The Labute approximate surface area is 113 Å². The molecule has 1 aromatic heterocycles. The third-order valence-corrected chi connectivity index (χ3v) is 3.22. The highest BCUT2D eigenvalue weighted by molar-refractivity contribution is 5.75. The first-order valence-electron chi connectivity index (χ1n) is 6.88. The minimum atomic E-state index is -0.720. The Morgan fingerprint density at radius 3 is 2.84 bits per heavy atom. The molecule has 4 nitrogen and oxygen atoms in total. The highest BCUT2D eigenvalue weighted by Crippen LogP contribution is 2.18. The van der Waals surface area contributed by atoms with E-state index < -0.39 is 5.97 Å². The fraction of sp³-hybridized carbons (Fsp3) is 0.467. The predicted octanol–water partition coefficient (Wildman–Crippen LogP) is 3.24. The van der Waals surface area contributed by atoms with Gasteiger partial charge in [0, 0.05) is 19.4 Å². The zero-order chi connectivity index (χ0) is 13.7. The van der Waals surface area contributed by atoms with Gasteiger partial charge in [-0.1, -0.05) is 19.1 Å². The molecule has 102 valence electrons. The van der Waals surface area contributed by atoms with Crippen molar-refractivity contribution in [3.63, 3.8) is 0 Å². The van der Waals surface area contributed by atoms with E-state index in [4.69, 9.17) is 5.11 Å². The number of para-hydroxylation sites is 2. The molecule has 0 fully saturated rings. The number of imidazole rings is 1. The largest absolute Gasteiger partial charge is 0.481 e. The van der Waals surface area contributed by atoms with Gasteiger partial charge in [-0.3, -0.25) is 4.79 Å². The van der Waals surface area contributed by atoms with Gasteiger partial charge in [0.05, 0.1) is 11.0 Å². The van der Waals surface area contributed by atoms with Gasteiger partial charge in [-0.15, -0.1) is 0 Å². The molecule has 1 N–H and O–H groups in total. The Kier molecular flexibility index (Phi) is 4.55. The van der Waals surface area contributed by atoms with Gasteiger partial charge in [0.15, 0.2) is 0 Å². The zero-order valence-corrected chi connectivity index (χ0v) is 11.3. The molecule has 0 radical (unpaired) electrons. The lowest BCUT2D eigenvalue weighted by molar-refractivity contribution is -0.137. The lowest BCUT2D eigenvalue weighted by Gasteiger charge is -2.07. The molecule has 0 aliphatic heterocycles. The van der Waals surface area contributed by atoms with Crippen LogP contribution in [0.15, 0.2) is 24.3 Å². The van der Waals surface area contributed by atoms with Crippen LogP contribution in [0, 0.1) is 0 Å². The predicted molar refractivity (Wildman–Crippen MR) is 75.2 cm³/mol. The van der Waals surface area contributed by atoms with Crippen molar-refractivity contribution in [2.45, 2.75) is 45.6 Å². The third kappa shape index (κ3) is 3.34. The van der Waals surface area contributed by atoms with Crippen LogP contribution < -0.4 is 0 Å². The normalized spacial score (nSPS) is 11.0. The standard InChI is InChI=1S/C15H20N2O2/c1-2-11-17-13-8-4-3-7-12(13)16-14(17)9-5-6-10-15(18)19/h3-4,7-8H,2,5-6,9-11H2,1H3,(H,18,19). The molecule has 0 spiro atoms. The Balaban J connectivity index is 2.12. The smallest absolute Gasteiger partial charge is 0.303 e. The number of fused-ring (bicyclic) bond motifs is 1. The second-order valence-electron chi connectivity index (χ2n) is 4.77. The maximum atomic E-state index is 10.5. The molecule has 0 unspecified atom stereocenters. The van der Waals surface area contributed by atoms with Crippen LogP contribution in [0.5, 0.6) is 0 Å². The molecule has 2 rings (SSSR count). The van der Waals surface area contributed by atoms with Crippen LogP contribution in [-0.4, -0.2) is 20.6 Å². The minimum Gasteiger partial charge on any atom is -0.481 e. The van der Waals surface area contributed by atoms with E-state index >= 15 is 0 Å². The first kappa shape index (κ1) is 13.6. The summed E-state index contributed by atoms with van der Waals surface area (Å²) >= 11 is 0. The highest BCUT2D eigenvalue weighted by Gasteiger charge is 2.09. The summed E-state index contributed by atoms with van der Waals surface area (Å²) in [5, 5.41) is 8.64. The number of nitrogens with zero attached hydrogens (tertiary/aromatic N) is 2. The summed E-state index contributed by atoms with van der Waals surface area (Å²) in [6.07, 6.45) is 3.75. The molecule has 1 heterocycles. The molecule has 2 aromatic rings. The van der Waals surface area contributed by atoms with Crippen molar-refractivity contribution in [3.05, 3.63) is 30.1 Å². The Hall–Kier alpha value is -1.84. The van der Waals surface area contributed by atoms with Gasteiger partial charge in [-0.05, 0) is 31.4 Å². The summed E-state index contributed by atoms with van der Waals surface area (Å²) in [4.78, 5) is 15.2. The Bertz CT molecular complexity index is 560. The quantitative estimate of drug-likeness (QED) is 0.777. The average Bonchev–Trinajstić information content (AvgIpc) is 2.74. The number of aromatic nitrogens is 2. The number of carboxylic acid groups (broad SMARTS) is 1. The second-order valence-corrected chi connectivity index (χ2v) is 4.77. The summed E-state index contributed by atoms with van der Waals surface area (Å²) in [5.41, 5.74) is 2.21. The number of hydrogen-bond donors (Lipinski definition) is 1. The molecule has 0 saturated heterocycles. The van der Waals surface area contributed by atoms with Gasteiger partial charge in [0.1, 0.15) is 5.82 Å². The van der Waals surface area contributed by atoms with E-state index in [-0.39, 0.29) is 6.42 Å². The number of rotatable bonds is 7. The number of aliphatic carboxylic acids is 1. The molecule has 0 aliphatic carbocycles. The molecular formula is C15H20N2O2. The fourth-order valence-electron chi connectivity index (χ4n) is 2.35. The van der Waals surface area contributed by atoms with Crippen molar-refractivity contribution in [1.82, 2.24) is 9.55 Å². The molecule has 0 amide bonds. The topological polar surface area (TPSA) is 55.1 Å². The highest BCUT2D eigenvalue weighted by atomic mass is 16.4. The van der Waals surface area contributed by atoms with Gasteiger partial charge < -0.3 is 9.67 Å². The first-order chi connectivity index (χ1) is 9.22. The van der Waals surface area contributed by atoms with E-state index in [1.807, 2.05) is 18.2 Å². The summed E-state index contributed by atoms with van der Waals surface area (Å²) in [7, 11) is 0. The minimum absolute atomic E-state index is 0.244. The van der Waals surface area contributed by atoms with E-state index in [9.17, 15) is 4.79 Å². The van der Waals surface area contributed by atoms with Crippen LogP contribution in [0.2, 0.25) is 0 Å². The van der Waals surface area contributed by atoms with Crippen molar-refractivity contribution < 1.29 is 9.90 Å². The summed E-state index contributed by atoms with van der Waals surface area (Å²) < 4.78 is 2.26. The molecule has 1 aromatic carbocycles. The zero-order valence-electron chi connectivity index (χ0n) is 11.3. The number of carbonyl (C=O) groups is 1. The van der Waals surface area contributed by atoms with E-state index in [2.05, 4.69) is 22.5 Å².